The molecular formula is C13H12Cl3N3O2. The average molecular weight is 349 g/mol. The van der Waals surface area contributed by atoms with E-state index in [0.717, 1.165) is 4.57 Å². The summed E-state index contributed by atoms with van der Waals surface area (Å²) in [6.45, 7) is 0.182. The van der Waals surface area contributed by atoms with Gasteiger partial charge in [0, 0.05) is 31.9 Å². The molecule has 0 aliphatic carbocycles. The van der Waals surface area contributed by atoms with E-state index in [4.69, 9.17) is 34.8 Å². The van der Waals surface area contributed by atoms with Gasteiger partial charge < -0.3 is 9.88 Å². The van der Waals surface area contributed by atoms with Gasteiger partial charge >= 0.3 is 5.69 Å². The Hall–Kier alpha value is -1.43. The summed E-state index contributed by atoms with van der Waals surface area (Å²) in [5.74, 6) is 0. The Balaban J connectivity index is 2.34. The minimum absolute atomic E-state index is 0.182. The van der Waals surface area contributed by atoms with Gasteiger partial charge in [-0.1, -0.05) is 34.8 Å². The second-order valence-electron chi connectivity index (χ2n) is 4.51. The third-order valence-corrected chi connectivity index (χ3v) is 3.79. The largest absolute Gasteiger partial charge is 0.378 e. The van der Waals surface area contributed by atoms with Crippen LogP contribution in [-0.2, 0) is 20.6 Å². The summed E-state index contributed by atoms with van der Waals surface area (Å²) >= 11 is 18.0. The molecule has 0 radical (unpaired) electrons. The van der Waals surface area contributed by atoms with Gasteiger partial charge in [-0.25, -0.2) is 4.79 Å². The predicted molar refractivity (Wildman–Crippen MR) is 85.7 cm³/mol. The summed E-state index contributed by atoms with van der Waals surface area (Å²) in [5.41, 5.74) is 0.151. The first-order chi connectivity index (χ1) is 9.81. The van der Waals surface area contributed by atoms with Gasteiger partial charge in [-0.05, 0) is 12.1 Å². The molecule has 1 aromatic heterocycles. The van der Waals surface area contributed by atoms with Crippen molar-refractivity contribution in [3.05, 3.63) is 59.8 Å². The van der Waals surface area contributed by atoms with Crippen molar-refractivity contribution in [1.29, 1.82) is 0 Å². The molecule has 0 amide bonds. The number of benzene rings is 1. The SMILES string of the molecule is Cn1cc(CNc2c(Cl)cc(Cl)cc2Cl)c(=O)n(C)c1=O. The van der Waals surface area contributed by atoms with Crippen LogP contribution in [0.15, 0.2) is 27.9 Å². The maximum atomic E-state index is 12.0. The van der Waals surface area contributed by atoms with E-state index in [1.807, 2.05) is 0 Å². The van der Waals surface area contributed by atoms with Crippen LogP contribution in [0.2, 0.25) is 15.1 Å². The van der Waals surface area contributed by atoms with Crippen LogP contribution >= 0.6 is 34.8 Å². The molecule has 112 valence electrons. The first-order valence-corrected chi connectivity index (χ1v) is 7.08. The van der Waals surface area contributed by atoms with Crippen molar-refractivity contribution < 1.29 is 0 Å². The van der Waals surface area contributed by atoms with E-state index in [-0.39, 0.29) is 17.8 Å². The van der Waals surface area contributed by atoms with E-state index in [9.17, 15) is 9.59 Å². The number of hydrogen-bond acceptors (Lipinski definition) is 3. The number of anilines is 1. The van der Waals surface area contributed by atoms with Crippen LogP contribution in [0.25, 0.3) is 0 Å². The minimum atomic E-state index is -0.383. The van der Waals surface area contributed by atoms with E-state index in [1.54, 1.807) is 19.2 Å². The van der Waals surface area contributed by atoms with Crippen molar-refractivity contribution in [2.75, 3.05) is 5.32 Å². The lowest BCUT2D eigenvalue weighted by molar-refractivity contribution is 0.671. The molecule has 0 aliphatic rings. The van der Waals surface area contributed by atoms with Crippen molar-refractivity contribution in [3.8, 4) is 0 Å². The highest BCUT2D eigenvalue weighted by Gasteiger charge is 2.10. The number of aryl methyl sites for hydroxylation is 1. The lowest BCUT2D eigenvalue weighted by atomic mass is 10.2. The lowest BCUT2D eigenvalue weighted by Gasteiger charge is -2.12. The van der Waals surface area contributed by atoms with Crippen LogP contribution < -0.4 is 16.6 Å². The summed E-state index contributed by atoms with van der Waals surface area (Å²) < 4.78 is 2.38. The van der Waals surface area contributed by atoms with Crippen LogP contribution in [0.4, 0.5) is 5.69 Å². The third kappa shape index (κ3) is 3.26. The van der Waals surface area contributed by atoms with Gasteiger partial charge in [0.05, 0.1) is 21.3 Å². The summed E-state index contributed by atoms with van der Waals surface area (Å²) in [6.07, 6.45) is 1.48. The second-order valence-corrected chi connectivity index (χ2v) is 5.76. The van der Waals surface area contributed by atoms with Gasteiger partial charge in [0.1, 0.15) is 0 Å². The average Bonchev–Trinajstić information content (AvgIpc) is 2.40. The smallest absolute Gasteiger partial charge is 0.330 e. The summed E-state index contributed by atoms with van der Waals surface area (Å²) in [6, 6.07) is 3.10. The van der Waals surface area contributed by atoms with Crippen LogP contribution in [0.1, 0.15) is 5.56 Å². The monoisotopic (exact) mass is 347 g/mol. The zero-order valence-electron chi connectivity index (χ0n) is 11.3. The minimum Gasteiger partial charge on any atom is -0.378 e. The number of nitrogens with one attached hydrogen (secondary N) is 1. The van der Waals surface area contributed by atoms with E-state index in [1.165, 1.54) is 17.8 Å². The molecule has 2 aromatic rings. The number of hydrogen-bond donors (Lipinski definition) is 1. The van der Waals surface area contributed by atoms with Gasteiger partial charge in [0.2, 0.25) is 0 Å². The number of halogens is 3. The van der Waals surface area contributed by atoms with Crippen LogP contribution in [0.3, 0.4) is 0 Å². The Kier molecular flexibility index (Phi) is 4.66. The molecule has 0 bridgehead atoms. The zero-order chi connectivity index (χ0) is 15.7. The summed E-state index contributed by atoms with van der Waals surface area (Å²) in [5, 5.41) is 4.12. The van der Waals surface area contributed by atoms with Gasteiger partial charge in [0.15, 0.2) is 0 Å². The third-order valence-electron chi connectivity index (χ3n) is 2.98. The molecule has 0 atom stereocenters. The van der Waals surface area contributed by atoms with Crippen molar-refractivity contribution in [2.24, 2.45) is 14.1 Å². The van der Waals surface area contributed by atoms with Crippen molar-refractivity contribution >= 4 is 40.5 Å². The van der Waals surface area contributed by atoms with Gasteiger partial charge in [0.25, 0.3) is 5.56 Å². The Morgan fingerprint density at radius 3 is 2.24 bits per heavy atom. The van der Waals surface area contributed by atoms with Crippen molar-refractivity contribution in [1.82, 2.24) is 9.13 Å². The summed E-state index contributed by atoms with van der Waals surface area (Å²) in [7, 11) is 3.00. The van der Waals surface area contributed by atoms with E-state index in [2.05, 4.69) is 5.32 Å². The van der Waals surface area contributed by atoms with Crippen LogP contribution in [0.5, 0.6) is 0 Å². The molecule has 0 fully saturated rings. The quantitative estimate of drug-likeness (QED) is 0.928. The van der Waals surface area contributed by atoms with E-state index < -0.39 is 0 Å². The van der Waals surface area contributed by atoms with Crippen molar-refractivity contribution in [3.63, 3.8) is 0 Å². The molecule has 0 unspecified atom stereocenters. The highest BCUT2D eigenvalue weighted by molar-refractivity contribution is 6.41. The molecule has 0 saturated heterocycles. The van der Waals surface area contributed by atoms with Crippen LogP contribution in [0, 0.1) is 0 Å². The molecule has 1 aromatic carbocycles. The maximum absolute atomic E-state index is 12.0. The Labute approximate surface area is 135 Å². The molecule has 21 heavy (non-hydrogen) atoms. The normalized spacial score (nSPS) is 10.7. The second kappa shape index (κ2) is 6.13. The molecule has 1 N–H and O–H groups in total. The van der Waals surface area contributed by atoms with Gasteiger partial charge in [-0.15, -0.1) is 0 Å². The predicted octanol–water partition coefficient (Wildman–Crippen LogP) is 2.66. The molecule has 5 nitrogen and oxygen atoms in total. The van der Waals surface area contributed by atoms with Crippen molar-refractivity contribution in [2.45, 2.75) is 6.54 Å². The molecule has 0 spiro atoms. The van der Waals surface area contributed by atoms with E-state index in [0.29, 0.717) is 26.3 Å². The highest BCUT2D eigenvalue weighted by atomic mass is 35.5. The Morgan fingerprint density at radius 2 is 1.67 bits per heavy atom. The topological polar surface area (TPSA) is 56.0 Å². The number of rotatable bonds is 3. The van der Waals surface area contributed by atoms with Crippen LogP contribution in [-0.4, -0.2) is 9.13 Å². The summed E-state index contributed by atoms with van der Waals surface area (Å²) in [4.78, 5) is 23.6. The fraction of sp³-hybridized carbons (Fsp3) is 0.231. The van der Waals surface area contributed by atoms with E-state index >= 15 is 0 Å². The first kappa shape index (κ1) is 15.9. The Morgan fingerprint density at radius 1 is 1.10 bits per heavy atom. The van der Waals surface area contributed by atoms with Gasteiger partial charge in [-0.3, -0.25) is 9.36 Å². The zero-order valence-corrected chi connectivity index (χ0v) is 13.6. The number of nitrogens with zero attached hydrogens (tertiary/aromatic N) is 2. The molecule has 8 heteroatoms. The molecule has 2 rings (SSSR count). The molecular weight excluding hydrogens is 337 g/mol. The highest BCUT2D eigenvalue weighted by Crippen LogP contribution is 2.33. The first-order valence-electron chi connectivity index (χ1n) is 5.95. The molecule has 0 saturated carbocycles. The molecule has 1 heterocycles. The standard InChI is InChI=1S/C13H12Cl3N3O2/c1-18-6-7(12(20)19(2)13(18)21)5-17-11-9(15)3-8(14)4-10(11)16/h3-4,6,17H,5H2,1-2H3. The Bertz CT molecular complexity index is 788. The fourth-order valence-electron chi connectivity index (χ4n) is 1.90. The maximum Gasteiger partial charge on any atom is 0.330 e. The molecule has 0 aliphatic heterocycles. The fourth-order valence-corrected chi connectivity index (χ4v) is 2.85. The number of aromatic nitrogens is 2. The van der Waals surface area contributed by atoms with Gasteiger partial charge in [-0.2, -0.15) is 0 Å². The lowest BCUT2D eigenvalue weighted by Crippen LogP contribution is -2.38.